The predicted octanol–water partition coefficient (Wildman–Crippen LogP) is 5.06. The summed E-state index contributed by atoms with van der Waals surface area (Å²) in [6.07, 6.45) is 3.89. The number of fused-ring (bicyclic) bond motifs is 1. The average molecular weight is 558 g/mol. The van der Waals surface area contributed by atoms with Gasteiger partial charge in [0, 0.05) is 54.8 Å². The van der Waals surface area contributed by atoms with E-state index < -0.39 is 9.84 Å². The van der Waals surface area contributed by atoms with E-state index in [0.29, 0.717) is 24.4 Å². The van der Waals surface area contributed by atoms with Gasteiger partial charge < -0.3 is 15.1 Å². The topological polar surface area (TPSA) is 86.8 Å². The first kappa shape index (κ1) is 27.6. The van der Waals surface area contributed by atoms with Crippen molar-refractivity contribution in [2.75, 3.05) is 30.8 Å². The Kier molecular flexibility index (Phi) is 7.55. The van der Waals surface area contributed by atoms with Crippen LogP contribution in [0.5, 0.6) is 0 Å². The third kappa shape index (κ3) is 5.54. The Bertz CT molecular complexity index is 1570. The molecule has 0 saturated carbocycles. The maximum absolute atomic E-state index is 13.3. The van der Waals surface area contributed by atoms with Gasteiger partial charge >= 0.3 is 0 Å². The highest BCUT2D eigenvalue weighted by molar-refractivity contribution is 7.90. The van der Waals surface area contributed by atoms with Gasteiger partial charge in [0.05, 0.1) is 10.9 Å². The fourth-order valence-electron chi connectivity index (χ4n) is 5.70. The molecule has 7 nitrogen and oxygen atoms in total. The Morgan fingerprint density at radius 2 is 1.65 bits per heavy atom. The van der Waals surface area contributed by atoms with Gasteiger partial charge in [-0.2, -0.15) is 0 Å². The predicted molar refractivity (Wildman–Crippen MR) is 157 cm³/mol. The molecule has 5 rings (SSSR count). The van der Waals surface area contributed by atoms with Crippen LogP contribution in [0.4, 0.5) is 5.69 Å². The second-order valence-electron chi connectivity index (χ2n) is 10.8. The first-order valence-corrected chi connectivity index (χ1v) is 15.5. The molecular weight excluding hydrogens is 522 g/mol. The summed E-state index contributed by atoms with van der Waals surface area (Å²) < 4.78 is 23.5. The van der Waals surface area contributed by atoms with Crippen LogP contribution in [-0.2, 0) is 9.84 Å². The van der Waals surface area contributed by atoms with Crippen molar-refractivity contribution in [1.29, 1.82) is 0 Å². The highest BCUT2D eigenvalue weighted by Crippen LogP contribution is 2.35. The fourth-order valence-corrected chi connectivity index (χ4v) is 6.33. The van der Waals surface area contributed by atoms with E-state index in [9.17, 15) is 18.0 Å². The molecule has 0 radical (unpaired) electrons. The van der Waals surface area contributed by atoms with E-state index in [1.807, 2.05) is 62.2 Å². The Labute approximate surface area is 236 Å². The SMILES string of the molecule is CC[C@H](NC(=O)c1ccc(S(C)(=O)=O)cc1)c1cccc(N2CC3=CN(C(=O)c4c(C)cccc4C)CC3C2)c1. The van der Waals surface area contributed by atoms with Gasteiger partial charge in [0.1, 0.15) is 0 Å². The van der Waals surface area contributed by atoms with E-state index in [4.69, 9.17) is 0 Å². The largest absolute Gasteiger partial charge is 0.367 e. The van der Waals surface area contributed by atoms with Gasteiger partial charge in [0.25, 0.3) is 11.8 Å². The number of anilines is 1. The van der Waals surface area contributed by atoms with Crippen molar-refractivity contribution in [3.63, 3.8) is 0 Å². The molecule has 2 aliphatic rings. The Morgan fingerprint density at radius 3 is 2.27 bits per heavy atom. The van der Waals surface area contributed by atoms with Crippen LogP contribution in [0.25, 0.3) is 0 Å². The standard InChI is InChI=1S/C32H35N3O4S/c1-5-29(33-31(36)23-12-14-28(15-13-23)40(4,38)39)24-10-7-11-27(16-24)34-17-25-19-35(20-26(25)18-34)32(37)30-21(2)8-6-9-22(30)3/h6-16,19,26,29H,5,17-18,20H2,1-4H3,(H,33,36)/t26?,29-/m0/s1. The number of rotatable bonds is 7. The maximum atomic E-state index is 13.3. The number of nitrogens with zero attached hydrogens (tertiary/aromatic N) is 2. The minimum absolute atomic E-state index is 0.0681. The number of benzene rings is 3. The quantitative estimate of drug-likeness (QED) is 0.439. The van der Waals surface area contributed by atoms with Gasteiger partial charge in [0.2, 0.25) is 0 Å². The average Bonchev–Trinajstić information content (AvgIpc) is 3.51. The Hall–Kier alpha value is -3.91. The molecule has 208 valence electrons. The molecule has 0 spiro atoms. The van der Waals surface area contributed by atoms with Crippen LogP contribution >= 0.6 is 0 Å². The lowest BCUT2D eigenvalue weighted by Crippen LogP contribution is -2.31. The van der Waals surface area contributed by atoms with Gasteiger partial charge in [0.15, 0.2) is 9.84 Å². The molecule has 1 N–H and O–H groups in total. The minimum Gasteiger partial charge on any atom is -0.367 e. The molecule has 8 heteroatoms. The third-order valence-corrected chi connectivity index (χ3v) is 9.06. The zero-order valence-electron chi connectivity index (χ0n) is 23.3. The molecule has 40 heavy (non-hydrogen) atoms. The molecule has 2 aliphatic heterocycles. The lowest BCUT2D eigenvalue weighted by atomic mass is 10.0. The summed E-state index contributed by atoms with van der Waals surface area (Å²) in [5.41, 5.74) is 6.58. The minimum atomic E-state index is -3.32. The number of carbonyl (C=O) groups excluding carboxylic acids is 2. The van der Waals surface area contributed by atoms with Gasteiger partial charge in [-0.3, -0.25) is 9.59 Å². The Balaban J connectivity index is 1.27. The zero-order valence-corrected chi connectivity index (χ0v) is 24.2. The first-order valence-electron chi connectivity index (χ1n) is 13.6. The summed E-state index contributed by atoms with van der Waals surface area (Å²) in [6, 6.07) is 20.0. The number of carbonyl (C=O) groups is 2. The van der Waals surface area contributed by atoms with E-state index in [-0.39, 0.29) is 22.8 Å². The van der Waals surface area contributed by atoms with Crippen molar-refractivity contribution in [3.8, 4) is 0 Å². The maximum Gasteiger partial charge on any atom is 0.258 e. The van der Waals surface area contributed by atoms with E-state index in [2.05, 4.69) is 22.3 Å². The molecule has 2 amide bonds. The van der Waals surface area contributed by atoms with Gasteiger partial charge in [-0.05, 0) is 78.9 Å². The molecule has 3 aromatic carbocycles. The number of aryl methyl sites for hydroxylation is 2. The van der Waals surface area contributed by atoms with E-state index in [0.717, 1.165) is 47.3 Å². The van der Waals surface area contributed by atoms with Crippen LogP contribution in [0.2, 0.25) is 0 Å². The molecule has 2 heterocycles. The van der Waals surface area contributed by atoms with E-state index >= 15 is 0 Å². The molecule has 1 fully saturated rings. The van der Waals surface area contributed by atoms with Gasteiger partial charge in [-0.15, -0.1) is 0 Å². The smallest absolute Gasteiger partial charge is 0.258 e. The molecule has 2 atom stereocenters. The number of sulfone groups is 1. The van der Waals surface area contributed by atoms with Crippen LogP contribution in [0.15, 0.2) is 83.4 Å². The summed E-state index contributed by atoms with van der Waals surface area (Å²) in [4.78, 5) is 30.6. The summed E-state index contributed by atoms with van der Waals surface area (Å²) in [7, 11) is -3.32. The number of hydrogen-bond acceptors (Lipinski definition) is 5. The summed E-state index contributed by atoms with van der Waals surface area (Å²) >= 11 is 0. The highest BCUT2D eigenvalue weighted by atomic mass is 32.2. The second kappa shape index (κ2) is 10.9. The van der Waals surface area contributed by atoms with Crippen LogP contribution < -0.4 is 10.2 Å². The number of hydrogen-bond donors (Lipinski definition) is 1. The van der Waals surface area contributed by atoms with Crippen LogP contribution in [0.1, 0.15) is 56.8 Å². The fraction of sp³-hybridized carbons (Fsp3) is 0.312. The van der Waals surface area contributed by atoms with Crippen molar-refractivity contribution < 1.29 is 18.0 Å². The van der Waals surface area contributed by atoms with E-state index in [1.54, 1.807) is 12.1 Å². The van der Waals surface area contributed by atoms with E-state index in [1.165, 1.54) is 17.7 Å². The van der Waals surface area contributed by atoms with Crippen molar-refractivity contribution in [1.82, 2.24) is 10.2 Å². The number of amides is 2. The molecular formula is C32H35N3O4S. The van der Waals surface area contributed by atoms with Gasteiger partial charge in [-0.25, -0.2) is 8.42 Å². The molecule has 0 aliphatic carbocycles. The summed E-state index contributed by atoms with van der Waals surface area (Å²) in [5.74, 6) is 0.124. The molecule has 0 aromatic heterocycles. The molecule has 3 aromatic rings. The first-order chi connectivity index (χ1) is 19.0. The normalized spacial score (nSPS) is 17.4. The van der Waals surface area contributed by atoms with Gasteiger partial charge in [-0.1, -0.05) is 37.3 Å². The number of nitrogens with one attached hydrogen (secondary N) is 1. The third-order valence-electron chi connectivity index (χ3n) is 7.93. The van der Waals surface area contributed by atoms with Crippen molar-refractivity contribution in [2.45, 2.75) is 38.1 Å². The van der Waals surface area contributed by atoms with Crippen LogP contribution in [0, 0.1) is 19.8 Å². The zero-order chi connectivity index (χ0) is 28.6. The molecule has 1 unspecified atom stereocenters. The van der Waals surface area contributed by atoms with Crippen molar-refractivity contribution in [2.24, 2.45) is 5.92 Å². The van der Waals surface area contributed by atoms with Crippen LogP contribution in [-0.4, -0.2) is 51.0 Å². The van der Waals surface area contributed by atoms with Crippen molar-refractivity contribution in [3.05, 3.63) is 106 Å². The lowest BCUT2D eigenvalue weighted by Gasteiger charge is -2.24. The molecule has 0 bridgehead atoms. The second-order valence-corrected chi connectivity index (χ2v) is 12.8. The Morgan fingerprint density at radius 1 is 0.975 bits per heavy atom. The van der Waals surface area contributed by atoms with Crippen molar-refractivity contribution >= 4 is 27.3 Å². The molecule has 1 saturated heterocycles. The summed E-state index contributed by atoms with van der Waals surface area (Å²) in [5, 5.41) is 3.10. The summed E-state index contributed by atoms with van der Waals surface area (Å²) in [6.45, 7) is 8.28. The monoisotopic (exact) mass is 557 g/mol. The lowest BCUT2D eigenvalue weighted by molar-refractivity contribution is 0.0823. The highest BCUT2D eigenvalue weighted by Gasteiger charge is 2.36. The van der Waals surface area contributed by atoms with Crippen LogP contribution in [0.3, 0.4) is 0 Å².